The van der Waals surface area contributed by atoms with E-state index in [1.807, 2.05) is 0 Å². The van der Waals surface area contributed by atoms with Gasteiger partial charge < -0.3 is 10.3 Å². The van der Waals surface area contributed by atoms with E-state index in [0.29, 0.717) is 24.0 Å². The van der Waals surface area contributed by atoms with Crippen molar-refractivity contribution in [2.75, 3.05) is 5.75 Å². The quantitative estimate of drug-likeness (QED) is 0.401. The number of amides is 1. The molecule has 0 aromatic heterocycles. The molecule has 1 amide bonds. The average Bonchev–Trinajstić information content (AvgIpc) is 2.03. The molecule has 0 heterocycles. The second kappa shape index (κ2) is 6.50. The Morgan fingerprint density at radius 3 is 2.50 bits per heavy atom. The van der Waals surface area contributed by atoms with E-state index >= 15 is 0 Å². The first-order chi connectivity index (χ1) is 6.52. The van der Waals surface area contributed by atoms with Crippen LogP contribution in [-0.2, 0) is 15.9 Å². The molecule has 0 bridgehead atoms. The molecule has 0 radical (unpaired) electrons. The molecule has 0 aliphatic heterocycles. The Morgan fingerprint density at radius 1 is 1.64 bits per heavy atom. The van der Waals surface area contributed by atoms with Gasteiger partial charge in [0.25, 0.3) is 0 Å². The molecule has 1 unspecified atom stereocenters. The number of rotatable bonds is 6. The van der Waals surface area contributed by atoms with Gasteiger partial charge >= 0.3 is 0 Å². The minimum Gasteiger partial charge on any atom is -0.772 e. The lowest BCUT2D eigenvalue weighted by Gasteiger charge is -2.12. The second-order valence-electron chi connectivity index (χ2n) is 2.74. The highest BCUT2D eigenvalue weighted by molar-refractivity contribution is 7.79. The Balaban J connectivity index is 4.96. The third kappa shape index (κ3) is 4.34. The van der Waals surface area contributed by atoms with E-state index in [9.17, 15) is 13.6 Å². The lowest BCUT2D eigenvalue weighted by Crippen LogP contribution is -2.17. The Labute approximate surface area is 86.2 Å². The van der Waals surface area contributed by atoms with Crippen LogP contribution < -0.4 is 5.73 Å². The largest absolute Gasteiger partial charge is 0.772 e. The summed E-state index contributed by atoms with van der Waals surface area (Å²) < 4.78 is 21.0. The number of hydrogen-bond acceptors (Lipinski definition) is 3. The molecule has 1 atom stereocenters. The first kappa shape index (κ1) is 13.1. The molecule has 0 rings (SSSR count). The van der Waals surface area contributed by atoms with Crippen LogP contribution in [0.1, 0.15) is 19.8 Å². The fourth-order valence-electron chi connectivity index (χ4n) is 1.18. The summed E-state index contributed by atoms with van der Waals surface area (Å²) in [7, 11) is 0. The van der Waals surface area contributed by atoms with Gasteiger partial charge in [0, 0.05) is 11.3 Å². The summed E-state index contributed by atoms with van der Waals surface area (Å²) in [5, 5.41) is 0. The molecule has 80 valence electrons. The molecule has 0 aromatic rings. The molecule has 14 heavy (non-hydrogen) atoms. The van der Waals surface area contributed by atoms with Crippen molar-refractivity contribution in [3.63, 3.8) is 0 Å². The minimum atomic E-state index is -2.20. The van der Waals surface area contributed by atoms with Crippen LogP contribution in [0.3, 0.4) is 0 Å². The maximum absolute atomic E-state index is 11.0. The number of hydrogen-bond donors (Lipinski definition) is 1. The average molecular weight is 216 g/mol. The van der Waals surface area contributed by atoms with Crippen molar-refractivity contribution in [3.8, 4) is 0 Å². The molecule has 5 heteroatoms. The molecular weight excluding hydrogens is 202 g/mol. The molecule has 0 fully saturated rings. The molecule has 0 aromatic carbocycles. The third-order valence-electron chi connectivity index (χ3n) is 1.76. The number of carbonyl (C=O) groups excluding carboxylic acids is 1. The van der Waals surface area contributed by atoms with Gasteiger partial charge in [0.05, 0.1) is 0 Å². The molecule has 0 saturated carbocycles. The zero-order chi connectivity index (χ0) is 11.1. The van der Waals surface area contributed by atoms with E-state index in [-0.39, 0.29) is 5.75 Å². The monoisotopic (exact) mass is 216 g/mol. The molecular formula is C9H14NO3S-. The maximum Gasteiger partial charge on any atom is 0.244 e. The lowest BCUT2D eigenvalue weighted by atomic mass is 10.0. The number of allylic oxidation sites excluding steroid dienone is 1. The van der Waals surface area contributed by atoms with E-state index in [0.717, 1.165) is 0 Å². The first-order valence-electron chi connectivity index (χ1n) is 4.20. The van der Waals surface area contributed by atoms with Crippen LogP contribution >= 0.6 is 0 Å². The van der Waals surface area contributed by atoms with Crippen LogP contribution in [0.4, 0.5) is 0 Å². The third-order valence-corrected chi connectivity index (χ3v) is 2.34. The maximum atomic E-state index is 11.0. The summed E-state index contributed by atoms with van der Waals surface area (Å²) in [6.07, 6.45) is 2.37. The topological polar surface area (TPSA) is 83.2 Å². The predicted octanol–water partition coefficient (Wildman–Crippen LogP) is 0.634. The van der Waals surface area contributed by atoms with Crippen molar-refractivity contribution in [2.45, 2.75) is 19.8 Å². The number of carbonyl (C=O) groups is 1. The minimum absolute atomic E-state index is 0.155. The summed E-state index contributed by atoms with van der Waals surface area (Å²) in [5.74, 6) is -0.715. The molecule has 4 nitrogen and oxygen atoms in total. The normalized spacial score (nSPS) is 14.4. The van der Waals surface area contributed by atoms with Crippen molar-refractivity contribution in [3.05, 3.63) is 23.8 Å². The van der Waals surface area contributed by atoms with Crippen molar-refractivity contribution >= 4 is 17.0 Å². The van der Waals surface area contributed by atoms with E-state index in [4.69, 9.17) is 5.73 Å². The van der Waals surface area contributed by atoms with Gasteiger partial charge in [0.15, 0.2) is 0 Å². The van der Waals surface area contributed by atoms with Gasteiger partial charge in [-0.2, -0.15) is 0 Å². The molecule has 0 saturated heterocycles. The summed E-state index contributed by atoms with van der Waals surface area (Å²) in [6, 6.07) is 0. The summed E-state index contributed by atoms with van der Waals surface area (Å²) in [6.45, 7) is 5.26. The van der Waals surface area contributed by atoms with Crippen LogP contribution in [0.5, 0.6) is 0 Å². The summed E-state index contributed by atoms with van der Waals surface area (Å²) in [4.78, 5) is 11.0. The highest BCUT2D eigenvalue weighted by Gasteiger charge is 2.09. The molecule has 2 N–H and O–H groups in total. The highest BCUT2D eigenvalue weighted by atomic mass is 32.2. The van der Waals surface area contributed by atoms with Crippen LogP contribution in [0.25, 0.3) is 0 Å². The van der Waals surface area contributed by atoms with Crippen molar-refractivity contribution < 1.29 is 13.6 Å². The zero-order valence-electron chi connectivity index (χ0n) is 8.12. The fourth-order valence-corrected chi connectivity index (χ4v) is 1.76. The van der Waals surface area contributed by atoms with Crippen molar-refractivity contribution in [1.29, 1.82) is 0 Å². The van der Waals surface area contributed by atoms with E-state index in [1.165, 1.54) is 0 Å². The van der Waals surface area contributed by atoms with Crippen LogP contribution in [0.2, 0.25) is 0 Å². The van der Waals surface area contributed by atoms with Crippen LogP contribution in [0.15, 0.2) is 23.8 Å². The predicted molar refractivity (Wildman–Crippen MR) is 55.1 cm³/mol. The highest BCUT2D eigenvalue weighted by Crippen LogP contribution is 2.13. The summed E-state index contributed by atoms with van der Waals surface area (Å²) >= 11 is -2.20. The standard InChI is InChI=1S/C9H15NO3S/c1-3-5-7(6-14(12)13)8(4-2)9(10)11/h3H,1,4-6H2,2H3,(H2,10,11)(H,12,13)/p-1/b8-7+. The smallest absolute Gasteiger partial charge is 0.244 e. The molecule has 0 aliphatic rings. The SMILES string of the molecule is C=CC/C(CS(=O)[O-])=C(/CC)C(N)=O. The number of nitrogens with two attached hydrogens (primary N) is 1. The lowest BCUT2D eigenvalue weighted by molar-refractivity contribution is -0.114. The van der Waals surface area contributed by atoms with E-state index < -0.39 is 17.0 Å². The summed E-state index contributed by atoms with van der Waals surface area (Å²) in [5.41, 5.74) is 6.04. The van der Waals surface area contributed by atoms with Gasteiger partial charge in [-0.15, -0.1) is 6.58 Å². The first-order valence-corrected chi connectivity index (χ1v) is 5.44. The van der Waals surface area contributed by atoms with Gasteiger partial charge in [-0.3, -0.25) is 9.00 Å². The fraction of sp³-hybridized carbons (Fsp3) is 0.444. The Bertz CT molecular complexity index is 284. The second-order valence-corrected chi connectivity index (χ2v) is 3.64. The molecule has 0 aliphatic carbocycles. The van der Waals surface area contributed by atoms with Crippen molar-refractivity contribution in [2.24, 2.45) is 5.73 Å². The van der Waals surface area contributed by atoms with Gasteiger partial charge in [-0.25, -0.2) is 0 Å². The number of primary amides is 1. The van der Waals surface area contributed by atoms with Gasteiger partial charge in [0.2, 0.25) is 5.91 Å². The van der Waals surface area contributed by atoms with Gasteiger partial charge in [0.1, 0.15) is 0 Å². The van der Waals surface area contributed by atoms with Crippen LogP contribution in [0, 0.1) is 0 Å². The Morgan fingerprint density at radius 2 is 2.21 bits per heavy atom. The van der Waals surface area contributed by atoms with Crippen molar-refractivity contribution in [1.82, 2.24) is 0 Å². The van der Waals surface area contributed by atoms with Gasteiger partial charge in [-0.1, -0.05) is 24.1 Å². The van der Waals surface area contributed by atoms with E-state index in [2.05, 4.69) is 6.58 Å². The van der Waals surface area contributed by atoms with Gasteiger partial charge in [-0.05, 0) is 18.4 Å². The Kier molecular flexibility index (Phi) is 6.07. The Hall–Kier alpha value is -0.940. The van der Waals surface area contributed by atoms with Crippen LogP contribution in [-0.4, -0.2) is 20.4 Å². The zero-order valence-corrected chi connectivity index (χ0v) is 8.93. The van der Waals surface area contributed by atoms with E-state index in [1.54, 1.807) is 13.0 Å². The molecule has 0 spiro atoms.